The van der Waals surface area contributed by atoms with Gasteiger partial charge in [0.1, 0.15) is 6.07 Å². The number of benzene rings is 1. The Morgan fingerprint density at radius 3 is 2.31 bits per heavy atom. The van der Waals surface area contributed by atoms with Crippen LogP contribution < -0.4 is 9.47 Å². The zero-order valence-corrected chi connectivity index (χ0v) is 7.30. The highest BCUT2D eigenvalue weighted by Crippen LogP contribution is 2.32. The summed E-state index contributed by atoms with van der Waals surface area (Å²) in [7, 11) is 2.68. The maximum Gasteiger partial charge on any atom is 0.198 e. The Hall–Kier alpha value is -1.76. The Kier molecular flexibility index (Phi) is 2.70. The van der Waals surface area contributed by atoms with Crippen LogP contribution in [0.5, 0.6) is 11.5 Å². The van der Waals surface area contributed by atoms with Crippen molar-refractivity contribution in [2.75, 3.05) is 14.2 Å². The molecule has 0 aliphatic heterocycles. The van der Waals surface area contributed by atoms with Gasteiger partial charge in [-0.05, 0) is 12.1 Å². The largest absolute Gasteiger partial charge is 0.491 e. The molecule has 1 aromatic rings. The summed E-state index contributed by atoms with van der Waals surface area (Å²) in [4.78, 5) is 0. The lowest BCUT2D eigenvalue weighted by molar-refractivity contribution is 0.337. The summed E-state index contributed by atoms with van der Waals surface area (Å²) >= 11 is 0. The van der Waals surface area contributed by atoms with Crippen LogP contribution in [0.15, 0.2) is 12.1 Å². The van der Waals surface area contributed by atoms with Gasteiger partial charge in [0.2, 0.25) is 0 Å². The molecule has 0 aromatic heterocycles. The first-order valence-corrected chi connectivity index (χ1v) is 3.55. The van der Waals surface area contributed by atoms with Crippen molar-refractivity contribution in [1.82, 2.24) is 0 Å². The Labute approximate surface area is 75.3 Å². The molecule has 4 heteroatoms. The molecule has 0 unspecified atom stereocenters. The van der Waals surface area contributed by atoms with Crippen molar-refractivity contribution in [3.05, 3.63) is 23.5 Å². The second-order valence-electron chi connectivity index (χ2n) is 2.27. The van der Waals surface area contributed by atoms with Crippen molar-refractivity contribution in [3.63, 3.8) is 0 Å². The minimum atomic E-state index is -0.543. The lowest BCUT2D eigenvalue weighted by atomic mass is 10.2. The highest BCUT2D eigenvalue weighted by molar-refractivity contribution is 5.53. The smallest absolute Gasteiger partial charge is 0.198 e. The molecule has 1 aromatic carbocycles. The minimum absolute atomic E-state index is 0.0402. The molecule has 0 saturated heterocycles. The van der Waals surface area contributed by atoms with E-state index in [0.29, 0.717) is 0 Å². The van der Waals surface area contributed by atoms with Gasteiger partial charge in [-0.15, -0.1) is 0 Å². The van der Waals surface area contributed by atoms with Crippen molar-refractivity contribution in [2.45, 2.75) is 0 Å². The zero-order valence-electron chi connectivity index (χ0n) is 7.30. The van der Waals surface area contributed by atoms with Crippen LogP contribution in [0.1, 0.15) is 5.56 Å². The van der Waals surface area contributed by atoms with E-state index in [9.17, 15) is 4.39 Å². The topological polar surface area (TPSA) is 42.2 Å². The van der Waals surface area contributed by atoms with Crippen LogP contribution in [0.25, 0.3) is 0 Å². The van der Waals surface area contributed by atoms with Gasteiger partial charge in [0, 0.05) is 0 Å². The molecule has 0 atom stereocenters. The number of halogens is 1. The van der Waals surface area contributed by atoms with Crippen molar-refractivity contribution in [3.8, 4) is 17.6 Å². The summed E-state index contributed by atoms with van der Waals surface area (Å²) in [5.74, 6) is -0.454. The SMILES string of the molecule is COc1c(F)ccc(C#N)c1OC. The third kappa shape index (κ3) is 1.54. The normalized spacial score (nSPS) is 9.08. The summed E-state index contributed by atoms with van der Waals surface area (Å²) in [6.45, 7) is 0. The van der Waals surface area contributed by atoms with Gasteiger partial charge in [-0.3, -0.25) is 0 Å². The molecule has 0 saturated carbocycles. The monoisotopic (exact) mass is 181 g/mol. The van der Waals surface area contributed by atoms with Crippen LogP contribution in [0, 0.1) is 17.1 Å². The van der Waals surface area contributed by atoms with Crippen LogP contribution in [0.3, 0.4) is 0 Å². The predicted octanol–water partition coefficient (Wildman–Crippen LogP) is 1.71. The molecule has 13 heavy (non-hydrogen) atoms. The second kappa shape index (κ2) is 3.76. The molecular weight excluding hydrogens is 173 g/mol. The lowest BCUT2D eigenvalue weighted by Crippen LogP contribution is -1.96. The third-order valence-corrected chi connectivity index (χ3v) is 1.59. The van der Waals surface area contributed by atoms with E-state index in [0.717, 1.165) is 0 Å². The number of nitrogens with zero attached hydrogens (tertiary/aromatic N) is 1. The summed E-state index contributed by atoms with van der Waals surface area (Å²) < 4.78 is 22.6. The van der Waals surface area contributed by atoms with E-state index in [2.05, 4.69) is 0 Å². The number of methoxy groups -OCH3 is 2. The summed E-state index contributed by atoms with van der Waals surface area (Å²) in [6, 6.07) is 4.39. The van der Waals surface area contributed by atoms with Crippen molar-refractivity contribution < 1.29 is 13.9 Å². The van der Waals surface area contributed by atoms with E-state index in [1.165, 1.54) is 26.4 Å². The van der Waals surface area contributed by atoms with E-state index in [1.807, 2.05) is 6.07 Å². The molecule has 0 bridgehead atoms. The Balaban J connectivity index is 3.38. The Morgan fingerprint density at radius 2 is 1.85 bits per heavy atom. The van der Waals surface area contributed by atoms with E-state index in [4.69, 9.17) is 14.7 Å². The predicted molar refractivity (Wildman–Crippen MR) is 44.2 cm³/mol. The summed E-state index contributed by atoms with van der Waals surface area (Å²) in [5.41, 5.74) is 0.251. The second-order valence-corrected chi connectivity index (χ2v) is 2.27. The number of ether oxygens (including phenoxy) is 2. The average Bonchev–Trinajstić information content (AvgIpc) is 2.17. The van der Waals surface area contributed by atoms with Gasteiger partial charge in [0.05, 0.1) is 19.8 Å². The first-order valence-electron chi connectivity index (χ1n) is 3.55. The molecule has 0 aliphatic rings. The molecule has 0 N–H and O–H groups in total. The average molecular weight is 181 g/mol. The molecule has 0 aliphatic carbocycles. The highest BCUT2D eigenvalue weighted by Gasteiger charge is 2.14. The summed E-state index contributed by atoms with van der Waals surface area (Å²) in [6.07, 6.45) is 0. The van der Waals surface area contributed by atoms with Gasteiger partial charge >= 0.3 is 0 Å². The quantitative estimate of drug-likeness (QED) is 0.697. The van der Waals surface area contributed by atoms with Crippen LogP contribution in [-0.4, -0.2) is 14.2 Å². The molecule has 0 radical (unpaired) electrons. The van der Waals surface area contributed by atoms with Gasteiger partial charge in [0.25, 0.3) is 0 Å². The van der Waals surface area contributed by atoms with E-state index in [-0.39, 0.29) is 17.1 Å². The van der Waals surface area contributed by atoms with Gasteiger partial charge < -0.3 is 9.47 Å². The van der Waals surface area contributed by atoms with Crippen LogP contribution in [-0.2, 0) is 0 Å². The maximum absolute atomic E-state index is 13.0. The van der Waals surface area contributed by atoms with E-state index >= 15 is 0 Å². The first kappa shape index (κ1) is 9.33. The van der Waals surface area contributed by atoms with Crippen LogP contribution in [0.2, 0.25) is 0 Å². The maximum atomic E-state index is 13.0. The van der Waals surface area contributed by atoms with Crippen LogP contribution >= 0.6 is 0 Å². The number of nitriles is 1. The van der Waals surface area contributed by atoms with Crippen LogP contribution in [0.4, 0.5) is 4.39 Å². The van der Waals surface area contributed by atoms with Gasteiger partial charge in [0.15, 0.2) is 17.3 Å². The fraction of sp³-hybridized carbons (Fsp3) is 0.222. The number of hydrogen-bond donors (Lipinski definition) is 0. The zero-order chi connectivity index (χ0) is 9.84. The fourth-order valence-corrected chi connectivity index (χ4v) is 1.02. The molecule has 0 amide bonds. The minimum Gasteiger partial charge on any atom is -0.491 e. The van der Waals surface area contributed by atoms with E-state index in [1.54, 1.807) is 0 Å². The first-order chi connectivity index (χ1) is 6.24. The van der Waals surface area contributed by atoms with Crippen molar-refractivity contribution in [2.24, 2.45) is 0 Å². The Bertz CT molecular complexity index is 357. The number of rotatable bonds is 2. The van der Waals surface area contributed by atoms with E-state index < -0.39 is 5.82 Å². The molecular formula is C9H8FNO2. The fourth-order valence-electron chi connectivity index (χ4n) is 1.02. The van der Waals surface area contributed by atoms with Gasteiger partial charge in [-0.25, -0.2) is 4.39 Å². The van der Waals surface area contributed by atoms with Crippen molar-refractivity contribution in [1.29, 1.82) is 5.26 Å². The standard InChI is InChI=1S/C9H8FNO2/c1-12-8-6(5-11)3-4-7(10)9(8)13-2/h3-4H,1-2H3. The molecule has 3 nitrogen and oxygen atoms in total. The molecule has 0 heterocycles. The molecule has 0 fully saturated rings. The number of hydrogen-bond acceptors (Lipinski definition) is 3. The highest BCUT2D eigenvalue weighted by atomic mass is 19.1. The van der Waals surface area contributed by atoms with Crippen molar-refractivity contribution >= 4 is 0 Å². The summed E-state index contributed by atoms with van der Waals surface area (Å²) in [5, 5.41) is 8.65. The molecule has 68 valence electrons. The lowest BCUT2D eigenvalue weighted by Gasteiger charge is -2.08. The Morgan fingerprint density at radius 1 is 1.23 bits per heavy atom. The third-order valence-electron chi connectivity index (χ3n) is 1.59. The van der Waals surface area contributed by atoms with Gasteiger partial charge in [-0.1, -0.05) is 0 Å². The van der Waals surface area contributed by atoms with Gasteiger partial charge in [-0.2, -0.15) is 5.26 Å². The molecule has 1 rings (SSSR count). The molecule has 0 spiro atoms.